The van der Waals surface area contributed by atoms with Gasteiger partial charge in [0, 0.05) is 6.54 Å². The average Bonchev–Trinajstić information content (AvgIpc) is 2.02. The molecular weight excluding hydrogens is 165 g/mol. The molecule has 1 aromatic carbocycles. The molecule has 0 amide bonds. The third-order valence-corrected chi connectivity index (χ3v) is 2.51. The fraction of sp³-hybridized carbons (Fsp3) is 0.455. The van der Waals surface area contributed by atoms with Crippen molar-refractivity contribution in [3.05, 3.63) is 29.1 Å². The Morgan fingerprint density at radius 3 is 3.00 bits per heavy atom. The zero-order chi connectivity index (χ0) is 9.42. The molecular formula is C11H14FN. The number of rotatable bonds is 0. The van der Waals surface area contributed by atoms with Gasteiger partial charge in [-0.15, -0.1) is 0 Å². The topological polar surface area (TPSA) is 12.0 Å². The Balaban J connectivity index is 2.47. The summed E-state index contributed by atoms with van der Waals surface area (Å²) in [5.41, 5.74) is 2.84. The van der Waals surface area contributed by atoms with Gasteiger partial charge in [0.2, 0.25) is 0 Å². The molecule has 0 saturated carbocycles. The number of hydrogen-bond acceptors (Lipinski definition) is 1. The normalized spacial score (nSPS) is 20.7. The summed E-state index contributed by atoms with van der Waals surface area (Å²) in [6, 6.07) is 3.66. The third kappa shape index (κ3) is 1.53. The second-order valence-corrected chi connectivity index (χ2v) is 3.97. The van der Waals surface area contributed by atoms with Crippen LogP contribution in [0.1, 0.15) is 18.1 Å². The number of aryl methyl sites for hydroxylation is 1. The first-order valence-electron chi connectivity index (χ1n) is 4.69. The van der Waals surface area contributed by atoms with Crippen molar-refractivity contribution in [2.24, 2.45) is 5.92 Å². The fourth-order valence-electron chi connectivity index (χ4n) is 1.90. The average molecular weight is 179 g/mol. The van der Waals surface area contributed by atoms with Gasteiger partial charge in [0.25, 0.3) is 0 Å². The summed E-state index contributed by atoms with van der Waals surface area (Å²) in [6.45, 7) is 4.99. The minimum absolute atomic E-state index is 0.109. The highest BCUT2D eigenvalue weighted by molar-refractivity contribution is 5.55. The van der Waals surface area contributed by atoms with Crippen LogP contribution in [0.3, 0.4) is 0 Å². The first-order valence-corrected chi connectivity index (χ1v) is 4.69. The summed E-state index contributed by atoms with van der Waals surface area (Å²) < 4.78 is 13.4. The van der Waals surface area contributed by atoms with Crippen LogP contribution in [0.2, 0.25) is 0 Å². The molecule has 1 aromatic rings. The molecule has 0 radical (unpaired) electrons. The molecule has 0 fully saturated rings. The summed E-state index contributed by atoms with van der Waals surface area (Å²) >= 11 is 0. The maximum absolute atomic E-state index is 13.4. The van der Waals surface area contributed by atoms with E-state index in [9.17, 15) is 4.39 Å². The lowest BCUT2D eigenvalue weighted by Gasteiger charge is -2.24. The van der Waals surface area contributed by atoms with Crippen molar-refractivity contribution in [3.63, 3.8) is 0 Å². The quantitative estimate of drug-likeness (QED) is 0.645. The highest BCUT2D eigenvalue weighted by Crippen LogP contribution is 2.28. The molecule has 1 aliphatic rings. The molecule has 13 heavy (non-hydrogen) atoms. The predicted octanol–water partition coefficient (Wildman–Crippen LogP) is 2.74. The van der Waals surface area contributed by atoms with E-state index in [0.717, 1.165) is 24.1 Å². The zero-order valence-electron chi connectivity index (χ0n) is 8.02. The molecule has 70 valence electrons. The van der Waals surface area contributed by atoms with Crippen LogP contribution in [-0.2, 0) is 6.42 Å². The van der Waals surface area contributed by atoms with E-state index in [0.29, 0.717) is 11.6 Å². The van der Waals surface area contributed by atoms with E-state index in [4.69, 9.17) is 0 Å². The van der Waals surface area contributed by atoms with Gasteiger partial charge in [-0.05, 0) is 36.5 Å². The molecule has 0 aromatic heterocycles. The van der Waals surface area contributed by atoms with Crippen molar-refractivity contribution in [1.82, 2.24) is 0 Å². The van der Waals surface area contributed by atoms with E-state index in [-0.39, 0.29) is 5.82 Å². The molecule has 0 saturated heterocycles. The standard InChI is InChI=1S/C11H14FN/c1-7-3-9-4-8(2)6-13-11(9)10(12)5-7/h3,5,8,13H,4,6H2,1-2H3. The van der Waals surface area contributed by atoms with Gasteiger partial charge in [-0.3, -0.25) is 0 Å². The Bertz CT molecular complexity index is 333. The molecule has 0 aliphatic carbocycles. The summed E-state index contributed by atoms with van der Waals surface area (Å²) in [5, 5.41) is 3.13. The first-order chi connectivity index (χ1) is 6.16. The Morgan fingerprint density at radius 1 is 1.46 bits per heavy atom. The minimum atomic E-state index is -0.109. The molecule has 0 bridgehead atoms. The van der Waals surface area contributed by atoms with E-state index >= 15 is 0 Å². The van der Waals surface area contributed by atoms with Crippen molar-refractivity contribution >= 4 is 5.69 Å². The van der Waals surface area contributed by atoms with Crippen LogP contribution in [-0.4, -0.2) is 6.54 Å². The maximum atomic E-state index is 13.4. The van der Waals surface area contributed by atoms with Crippen LogP contribution < -0.4 is 5.32 Å². The van der Waals surface area contributed by atoms with Gasteiger partial charge in [0.1, 0.15) is 5.82 Å². The van der Waals surface area contributed by atoms with Crippen LogP contribution in [0, 0.1) is 18.7 Å². The largest absolute Gasteiger partial charge is 0.382 e. The molecule has 1 nitrogen and oxygen atoms in total. The monoisotopic (exact) mass is 179 g/mol. The van der Waals surface area contributed by atoms with E-state index < -0.39 is 0 Å². The maximum Gasteiger partial charge on any atom is 0.146 e. The molecule has 2 heteroatoms. The van der Waals surface area contributed by atoms with E-state index in [1.807, 2.05) is 6.92 Å². The molecule has 1 unspecified atom stereocenters. The Labute approximate surface area is 78.0 Å². The van der Waals surface area contributed by atoms with Crippen LogP contribution in [0.5, 0.6) is 0 Å². The summed E-state index contributed by atoms with van der Waals surface area (Å²) in [6.07, 6.45) is 0.987. The van der Waals surface area contributed by atoms with Gasteiger partial charge in [-0.25, -0.2) is 4.39 Å². The second kappa shape index (κ2) is 3.02. The van der Waals surface area contributed by atoms with E-state index in [1.54, 1.807) is 6.07 Å². The number of hydrogen-bond donors (Lipinski definition) is 1. The predicted molar refractivity (Wildman–Crippen MR) is 52.5 cm³/mol. The molecule has 1 atom stereocenters. The van der Waals surface area contributed by atoms with Gasteiger partial charge >= 0.3 is 0 Å². The summed E-state index contributed by atoms with van der Waals surface area (Å²) in [5.74, 6) is 0.496. The Hall–Kier alpha value is -1.05. The number of fused-ring (bicyclic) bond motifs is 1. The van der Waals surface area contributed by atoms with Crippen LogP contribution in [0.15, 0.2) is 12.1 Å². The van der Waals surface area contributed by atoms with E-state index in [1.165, 1.54) is 0 Å². The van der Waals surface area contributed by atoms with Gasteiger partial charge < -0.3 is 5.32 Å². The Kier molecular flexibility index (Phi) is 1.98. The SMILES string of the molecule is Cc1cc(F)c2c(c1)CC(C)CN2. The van der Waals surface area contributed by atoms with Crippen LogP contribution in [0.25, 0.3) is 0 Å². The lowest BCUT2D eigenvalue weighted by atomic mass is 9.94. The van der Waals surface area contributed by atoms with Crippen molar-refractivity contribution in [3.8, 4) is 0 Å². The first kappa shape index (κ1) is 8.54. The van der Waals surface area contributed by atoms with Crippen LogP contribution in [0.4, 0.5) is 10.1 Å². The van der Waals surface area contributed by atoms with Crippen molar-refractivity contribution in [1.29, 1.82) is 0 Å². The zero-order valence-corrected chi connectivity index (χ0v) is 8.02. The highest BCUT2D eigenvalue weighted by Gasteiger charge is 2.17. The minimum Gasteiger partial charge on any atom is -0.382 e. The van der Waals surface area contributed by atoms with Gasteiger partial charge in [-0.2, -0.15) is 0 Å². The van der Waals surface area contributed by atoms with Gasteiger partial charge in [0.05, 0.1) is 5.69 Å². The van der Waals surface area contributed by atoms with Crippen molar-refractivity contribution in [2.45, 2.75) is 20.3 Å². The van der Waals surface area contributed by atoms with Crippen LogP contribution >= 0.6 is 0 Å². The summed E-state index contributed by atoms with van der Waals surface area (Å²) in [7, 11) is 0. The third-order valence-electron chi connectivity index (χ3n) is 2.51. The van der Waals surface area contributed by atoms with E-state index in [2.05, 4.69) is 18.3 Å². The number of benzene rings is 1. The number of anilines is 1. The Morgan fingerprint density at radius 2 is 2.23 bits per heavy atom. The number of halogens is 1. The van der Waals surface area contributed by atoms with Crippen molar-refractivity contribution in [2.75, 3.05) is 11.9 Å². The van der Waals surface area contributed by atoms with Gasteiger partial charge in [-0.1, -0.05) is 13.0 Å². The number of nitrogens with one attached hydrogen (secondary N) is 1. The summed E-state index contributed by atoms with van der Waals surface area (Å²) in [4.78, 5) is 0. The molecule has 2 rings (SSSR count). The molecule has 1 N–H and O–H groups in total. The molecule has 0 spiro atoms. The molecule has 1 aliphatic heterocycles. The van der Waals surface area contributed by atoms with Crippen molar-refractivity contribution < 1.29 is 4.39 Å². The smallest absolute Gasteiger partial charge is 0.146 e. The lowest BCUT2D eigenvalue weighted by molar-refractivity contribution is 0.571. The lowest BCUT2D eigenvalue weighted by Crippen LogP contribution is -2.21. The fourth-order valence-corrected chi connectivity index (χ4v) is 1.90. The molecule has 1 heterocycles. The van der Waals surface area contributed by atoms with Gasteiger partial charge in [0.15, 0.2) is 0 Å². The second-order valence-electron chi connectivity index (χ2n) is 3.97. The highest BCUT2D eigenvalue weighted by atomic mass is 19.1.